The summed E-state index contributed by atoms with van der Waals surface area (Å²) >= 11 is 1.00. The third kappa shape index (κ3) is 3.35. The van der Waals surface area contributed by atoms with E-state index in [0.29, 0.717) is 12.1 Å². The highest BCUT2D eigenvalue weighted by Crippen LogP contribution is 2.13. The predicted octanol–water partition coefficient (Wildman–Crippen LogP) is 1.72. The van der Waals surface area contributed by atoms with Crippen molar-refractivity contribution in [3.05, 3.63) is 41.7 Å². The number of rotatable bonds is 5. The van der Waals surface area contributed by atoms with Gasteiger partial charge < -0.3 is 10.4 Å². The first-order valence-corrected chi connectivity index (χ1v) is 6.31. The zero-order valence-corrected chi connectivity index (χ0v) is 10.5. The lowest BCUT2D eigenvalue weighted by atomic mass is 10.1. The number of aliphatic hydroxyl groups excluding tert-OH is 1. The lowest BCUT2D eigenvalue weighted by Gasteiger charge is -2.05. The summed E-state index contributed by atoms with van der Waals surface area (Å²) in [5, 5.41) is 11.5. The number of benzene rings is 1. The molecule has 0 unspecified atom stereocenters. The van der Waals surface area contributed by atoms with Crippen LogP contribution < -0.4 is 5.32 Å². The van der Waals surface area contributed by atoms with Crippen molar-refractivity contribution in [2.45, 2.75) is 12.8 Å². The van der Waals surface area contributed by atoms with Gasteiger partial charge in [0.2, 0.25) is 0 Å². The van der Waals surface area contributed by atoms with Gasteiger partial charge in [-0.15, -0.1) is 0 Å². The summed E-state index contributed by atoms with van der Waals surface area (Å²) in [6, 6.07) is 7.56. The van der Waals surface area contributed by atoms with Crippen molar-refractivity contribution in [2.24, 2.45) is 0 Å². The Morgan fingerprint density at radius 1 is 1.44 bits per heavy atom. The number of aryl methyl sites for hydroxylation is 1. The summed E-state index contributed by atoms with van der Waals surface area (Å²) in [4.78, 5) is 11.8. The van der Waals surface area contributed by atoms with Crippen LogP contribution in [0.2, 0.25) is 0 Å². The molecule has 0 spiro atoms. The molecule has 5 nitrogen and oxygen atoms in total. The zero-order chi connectivity index (χ0) is 12.8. The largest absolute Gasteiger partial charge is 0.396 e. The van der Waals surface area contributed by atoms with Crippen LogP contribution in [0.1, 0.15) is 22.5 Å². The van der Waals surface area contributed by atoms with Crippen molar-refractivity contribution < 1.29 is 9.90 Å². The topological polar surface area (TPSA) is 75.1 Å². The highest BCUT2D eigenvalue weighted by atomic mass is 32.1. The first-order chi connectivity index (χ1) is 8.79. The number of hydrogen-bond acceptors (Lipinski definition) is 5. The molecule has 1 aromatic carbocycles. The quantitative estimate of drug-likeness (QED) is 0.861. The molecule has 0 bridgehead atoms. The minimum atomic E-state index is -0.261. The highest BCUT2D eigenvalue weighted by molar-refractivity contribution is 6.99. The van der Waals surface area contributed by atoms with E-state index in [1.807, 2.05) is 24.3 Å². The van der Waals surface area contributed by atoms with E-state index in [9.17, 15) is 4.79 Å². The van der Waals surface area contributed by atoms with Gasteiger partial charge in [-0.25, -0.2) is 0 Å². The van der Waals surface area contributed by atoms with Crippen LogP contribution in [-0.2, 0) is 6.42 Å². The summed E-state index contributed by atoms with van der Waals surface area (Å²) in [5.74, 6) is -0.261. The van der Waals surface area contributed by atoms with Gasteiger partial charge in [-0.1, -0.05) is 12.1 Å². The fourth-order valence-electron chi connectivity index (χ4n) is 1.55. The number of carbonyl (C=O) groups is 1. The summed E-state index contributed by atoms with van der Waals surface area (Å²) in [7, 11) is 0. The number of amides is 1. The summed E-state index contributed by atoms with van der Waals surface area (Å²) in [6.45, 7) is 0.168. The van der Waals surface area contributed by atoms with Crippen LogP contribution in [0.5, 0.6) is 0 Å². The van der Waals surface area contributed by atoms with Gasteiger partial charge in [0.05, 0.1) is 17.9 Å². The van der Waals surface area contributed by atoms with Gasteiger partial charge in [-0.05, 0) is 30.5 Å². The Morgan fingerprint density at radius 2 is 2.33 bits per heavy atom. The molecular weight excluding hydrogens is 250 g/mol. The van der Waals surface area contributed by atoms with E-state index >= 15 is 0 Å². The van der Waals surface area contributed by atoms with Gasteiger partial charge in [0.15, 0.2) is 5.69 Å². The standard InChI is InChI=1S/C12H13N3O2S/c16-6-2-4-9-3-1-5-10(7-9)14-12(17)11-8-13-18-15-11/h1,3,5,7-8,16H,2,4,6H2,(H,14,17). The number of carbonyl (C=O) groups excluding carboxylic acids is 1. The van der Waals surface area contributed by atoms with Crippen LogP contribution in [0.3, 0.4) is 0 Å². The Balaban J connectivity index is 2.03. The maximum atomic E-state index is 11.8. The molecule has 6 heteroatoms. The van der Waals surface area contributed by atoms with Gasteiger partial charge in [-0.2, -0.15) is 8.75 Å². The lowest BCUT2D eigenvalue weighted by molar-refractivity contribution is 0.102. The molecule has 2 N–H and O–H groups in total. The van der Waals surface area contributed by atoms with Crippen molar-refractivity contribution in [3.63, 3.8) is 0 Å². The molecule has 0 atom stereocenters. The normalized spacial score (nSPS) is 10.3. The molecule has 0 aliphatic carbocycles. The van der Waals surface area contributed by atoms with Crippen molar-refractivity contribution >= 4 is 23.3 Å². The van der Waals surface area contributed by atoms with Gasteiger partial charge >= 0.3 is 0 Å². The number of aromatic nitrogens is 2. The SMILES string of the molecule is O=C(Nc1cccc(CCCO)c1)c1cnsn1. The number of nitrogens with zero attached hydrogens (tertiary/aromatic N) is 2. The van der Waals surface area contributed by atoms with E-state index in [0.717, 1.165) is 29.4 Å². The Hall–Kier alpha value is -1.79. The molecule has 0 aliphatic heterocycles. The Labute approximate surface area is 109 Å². The third-order valence-electron chi connectivity index (χ3n) is 2.40. The van der Waals surface area contributed by atoms with Gasteiger partial charge in [0.1, 0.15) is 0 Å². The average Bonchev–Trinajstić information content (AvgIpc) is 2.91. The van der Waals surface area contributed by atoms with Gasteiger partial charge in [-0.3, -0.25) is 4.79 Å². The second kappa shape index (κ2) is 6.23. The predicted molar refractivity (Wildman–Crippen MR) is 69.7 cm³/mol. The molecule has 0 saturated carbocycles. The lowest BCUT2D eigenvalue weighted by Crippen LogP contribution is -2.12. The number of aliphatic hydroxyl groups is 1. The molecule has 2 rings (SSSR count). The fourth-order valence-corrected chi connectivity index (χ4v) is 1.96. The van der Waals surface area contributed by atoms with E-state index in [1.165, 1.54) is 6.20 Å². The molecule has 0 saturated heterocycles. The summed E-state index contributed by atoms with van der Waals surface area (Å²) in [5.41, 5.74) is 2.13. The fraction of sp³-hybridized carbons (Fsp3) is 0.250. The molecule has 0 aliphatic rings. The Bertz CT molecular complexity index is 514. The second-order valence-corrected chi connectivity index (χ2v) is 4.33. The van der Waals surface area contributed by atoms with Crippen LogP contribution >= 0.6 is 11.7 Å². The summed E-state index contributed by atoms with van der Waals surface area (Å²) in [6.07, 6.45) is 2.95. The average molecular weight is 263 g/mol. The number of anilines is 1. The zero-order valence-electron chi connectivity index (χ0n) is 9.67. The van der Waals surface area contributed by atoms with Crippen LogP contribution in [0.4, 0.5) is 5.69 Å². The van der Waals surface area contributed by atoms with Crippen LogP contribution in [-0.4, -0.2) is 26.4 Å². The molecule has 1 amide bonds. The van der Waals surface area contributed by atoms with Crippen molar-refractivity contribution in [3.8, 4) is 0 Å². The van der Waals surface area contributed by atoms with Crippen molar-refractivity contribution in [2.75, 3.05) is 11.9 Å². The van der Waals surface area contributed by atoms with Crippen molar-refractivity contribution in [1.82, 2.24) is 8.75 Å². The third-order valence-corrected chi connectivity index (χ3v) is 2.88. The molecule has 1 aromatic heterocycles. The van der Waals surface area contributed by atoms with Crippen molar-refractivity contribution in [1.29, 1.82) is 0 Å². The molecule has 0 radical (unpaired) electrons. The molecule has 94 valence electrons. The molecular formula is C12H13N3O2S. The summed E-state index contributed by atoms with van der Waals surface area (Å²) < 4.78 is 7.65. The minimum Gasteiger partial charge on any atom is -0.396 e. The molecule has 0 fully saturated rings. The molecule has 2 aromatic rings. The first kappa shape index (κ1) is 12.7. The molecule has 18 heavy (non-hydrogen) atoms. The Kier molecular flexibility index (Phi) is 4.38. The van der Waals surface area contributed by atoms with Gasteiger partial charge in [0.25, 0.3) is 5.91 Å². The van der Waals surface area contributed by atoms with E-state index in [4.69, 9.17) is 5.11 Å². The maximum Gasteiger partial charge on any atom is 0.277 e. The van der Waals surface area contributed by atoms with E-state index in [1.54, 1.807) is 0 Å². The Morgan fingerprint density at radius 3 is 3.06 bits per heavy atom. The number of nitrogens with one attached hydrogen (secondary N) is 1. The molecule has 1 heterocycles. The minimum absolute atomic E-state index is 0.168. The van der Waals surface area contributed by atoms with E-state index in [2.05, 4.69) is 14.1 Å². The second-order valence-electron chi connectivity index (χ2n) is 3.77. The number of hydrogen-bond donors (Lipinski definition) is 2. The maximum absolute atomic E-state index is 11.8. The first-order valence-electron chi connectivity index (χ1n) is 5.58. The van der Waals surface area contributed by atoms with Crippen LogP contribution in [0.15, 0.2) is 30.5 Å². The smallest absolute Gasteiger partial charge is 0.277 e. The monoisotopic (exact) mass is 263 g/mol. The van der Waals surface area contributed by atoms with Crippen LogP contribution in [0, 0.1) is 0 Å². The van der Waals surface area contributed by atoms with E-state index in [-0.39, 0.29) is 12.5 Å². The highest BCUT2D eigenvalue weighted by Gasteiger charge is 2.08. The van der Waals surface area contributed by atoms with Gasteiger partial charge in [0, 0.05) is 12.3 Å². The van der Waals surface area contributed by atoms with Crippen LogP contribution in [0.25, 0.3) is 0 Å². The van der Waals surface area contributed by atoms with E-state index < -0.39 is 0 Å².